The summed E-state index contributed by atoms with van der Waals surface area (Å²) in [5.74, 6) is 1.17. The van der Waals surface area contributed by atoms with Crippen molar-refractivity contribution in [2.24, 2.45) is 13.0 Å². The molecule has 1 aromatic carbocycles. The van der Waals surface area contributed by atoms with Gasteiger partial charge in [-0.15, -0.1) is 10.2 Å². The molecule has 1 aliphatic carbocycles. The zero-order valence-corrected chi connectivity index (χ0v) is 23.4. The van der Waals surface area contributed by atoms with Gasteiger partial charge in [-0.25, -0.2) is 9.59 Å². The van der Waals surface area contributed by atoms with Gasteiger partial charge in [0, 0.05) is 58.1 Å². The second kappa shape index (κ2) is 10.9. The molecular weight excluding hydrogens is 551 g/mol. The van der Waals surface area contributed by atoms with E-state index in [0.29, 0.717) is 43.3 Å². The van der Waals surface area contributed by atoms with Gasteiger partial charge in [0.25, 0.3) is 0 Å². The largest absolute Gasteiger partial charge is 0.453 e. The minimum absolute atomic E-state index is 0.0316. The number of aryl methyl sites for hydroxylation is 1. The number of rotatable bonds is 6. The predicted molar refractivity (Wildman–Crippen MR) is 147 cm³/mol. The van der Waals surface area contributed by atoms with E-state index in [1.165, 1.54) is 24.1 Å². The molecule has 1 saturated carbocycles. The van der Waals surface area contributed by atoms with Crippen LogP contribution < -0.4 is 5.69 Å². The number of aromatic nitrogens is 5. The Hall–Kier alpha value is -4.13. The number of methoxy groups -OCH3 is 1. The zero-order valence-electron chi connectivity index (χ0n) is 23.4. The predicted octanol–water partition coefficient (Wildman–Crippen LogP) is 4.05. The summed E-state index contributed by atoms with van der Waals surface area (Å²) < 4.78 is 51.9. The Morgan fingerprint density at radius 2 is 1.88 bits per heavy atom. The standard InChI is InChI=1S/C29H32F3N7O3/c1-35-18-33-34-26(35)25(20-5-3-6-20)21-7-4-8-22(14-21)38-17-24-23(29(30,31)32)13-19(16-39(24)27(38)40)15-36-9-11-37(12-10-36)28(41)42-2/h4,7-8,13-14,16-18,20,25H,3,5-6,9-12,15H2,1-2H3/t25-/m1/s1. The van der Waals surface area contributed by atoms with Gasteiger partial charge in [-0.3, -0.25) is 13.9 Å². The molecule has 1 atom stereocenters. The van der Waals surface area contributed by atoms with Crippen molar-refractivity contribution in [3.8, 4) is 5.69 Å². The van der Waals surface area contributed by atoms with Crippen LogP contribution in [0.3, 0.4) is 0 Å². The molecule has 3 aromatic heterocycles. The summed E-state index contributed by atoms with van der Waals surface area (Å²) in [5, 5.41) is 8.40. The van der Waals surface area contributed by atoms with E-state index in [1.54, 1.807) is 17.3 Å². The van der Waals surface area contributed by atoms with Crippen LogP contribution in [0.25, 0.3) is 11.2 Å². The minimum atomic E-state index is -4.66. The Bertz CT molecular complexity index is 1660. The number of halogens is 3. The Balaban J connectivity index is 1.36. The summed E-state index contributed by atoms with van der Waals surface area (Å²) in [7, 11) is 3.21. The zero-order chi connectivity index (χ0) is 29.6. The number of hydrogen-bond acceptors (Lipinski definition) is 6. The molecular formula is C29H32F3N7O3. The van der Waals surface area contributed by atoms with Crippen molar-refractivity contribution in [2.75, 3.05) is 33.3 Å². The average molecular weight is 584 g/mol. The van der Waals surface area contributed by atoms with E-state index in [9.17, 15) is 22.8 Å². The van der Waals surface area contributed by atoms with E-state index in [2.05, 4.69) is 10.2 Å². The van der Waals surface area contributed by atoms with Crippen LogP contribution in [-0.2, 0) is 24.5 Å². The smallest absolute Gasteiger partial charge is 0.418 e. The lowest BCUT2D eigenvalue weighted by Gasteiger charge is -2.33. The fourth-order valence-corrected chi connectivity index (χ4v) is 6.07. The van der Waals surface area contributed by atoms with Gasteiger partial charge in [-0.1, -0.05) is 18.6 Å². The molecule has 2 fully saturated rings. The van der Waals surface area contributed by atoms with Crippen LogP contribution in [0.5, 0.6) is 0 Å². The molecule has 13 heteroatoms. The number of ether oxygens (including phenoxy) is 1. The monoisotopic (exact) mass is 583 g/mol. The van der Waals surface area contributed by atoms with Gasteiger partial charge in [0.05, 0.1) is 23.9 Å². The van der Waals surface area contributed by atoms with Crippen LogP contribution in [0.2, 0.25) is 0 Å². The molecule has 1 aliphatic heterocycles. The number of imidazole rings is 1. The number of piperazine rings is 1. The van der Waals surface area contributed by atoms with Crippen molar-refractivity contribution >= 4 is 11.6 Å². The highest BCUT2D eigenvalue weighted by atomic mass is 19.4. The van der Waals surface area contributed by atoms with Gasteiger partial charge in [-0.2, -0.15) is 13.2 Å². The number of amides is 1. The number of fused-ring (bicyclic) bond motifs is 1. The summed E-state index contributed by atoms with van der Waals surface area (Å²) in [6.07, 6.45) is 2.55. The molecule has 0 N–H and O–H groups in total. The fraction of sp³-hybridized carbons (Fsp3) is 0.448. The fourth-order valence-electron chi connectivity index (χ4n) is 6.07. The van der Waals surface area contributed by atoms with Crippen LogP contribution >= 0.6 is 0 Å². The number of pyridine rings is 1. The van der Waals surface area contributed by atoms with Gasteiger partial charge in [0.15, 0.2) is 0 Å². The molecule has 0 spiro atoms. The van der Waals surface area contributed by atoms with E-state index >= 15 is 0 Å². The van der Waals surface area contributed by atoms with Gasteiger partial charge < -0.3 is 14.2 Å². The highest BCUT2D eigenvalue weighted by Crippen LogP contribution is 2.43. The Labute approximate surface area is 239 Å². The SMILES string of the molecule is COC(=O)N1CCN(Cc2cc(C(F)(F)F)c3cn(-c4cccc([C@H](c5nncn5C)C5CCC5)c4)c(=O)n3c2)CC1. The number of carbonyl (C=O) groups is 1. The molecule has 1 saturated heterocycles. The number of alkyl halides is 3. The van der Waals surface area contributed by atoms with Gasteiger partial charge in [0.1, 0.15) is 12.2 Å². The molecule has 222 valence electrons. The van der Waals surface area contributed by atoms with Crippen molar-refractivity contribution in [1.29, 1.82) is 0 Å². The van der Waals surface area contributed by atoms with Crippen LogP contribution in [0, 0.1) is 5.92 Å². The summed E-state index contributed by atoms with van der Waals surface area (Å²) in [4.78, 5) is 28.9. The first kappa shape index (κ1) is 28.0. The molecule has 6 rings (SSSR count). The topological polar surface area (TPSA) is 89.9 Å². The third kappa shape index (κ3) is 5.17. The molecule has 10 nitrogen and oxygen atoms in total. The first-order chi connectivity index (χ1) is 20.1. The number of hydrogen-bond donors (Lipinski definition) is 0. The van der Waals surface area contributed by atoms with Crippen LogP contribution in [0.1, 0.15) is 47.7 Å². The number of nitrogens with zero attached hydrogens (tertiary/aromatic N) is 7. The minimum Gasteiger partial charge on any atom is -0.453 e. The van der Waals surface area contributed by atoms with E-state index < -0.39 is 23.5 Å². The second-order valence-corrected chi connectivity index (χ2v) is 11.1. The Kier molecular flexibility index (Phi) is 7.29. The average Bonchev–Trinajstić information content (AvgIpc) is 3.52. The van der Waals surface area contributed by atoms with E-state index in [-0.39, 0.29) is 18.0 Å². The molecule has 4 aromatic rings. The third-order valence-electron chi connectivity index (χ3n) is 8.49. The molecule has 0 unspecified atom stereocenters. The van der Waals surface area contributed by atoms with Crippen molar-refractivity contribution in [3.63, 3.8) is 0 Å². The maximum absolute atomic E-state index is 14.3. The molecule has 1 amide bonds. The number of benzene rings is 1. The van der Waals surface area contributed by atoms with E-state index in [4.69, 9.17) is 4.74 Å². The highest BCUT2D eigenvalue weighted by Gasteiger charge is 2.36. The van der Waals surface area contributed by atoms with Gasteiger partial charge >= 0.3 is 18.0 Å². The summed E-state index contributed by atoms with van der Waals surface area (Å²) >= 11 is 0. The first-order valence-corrected chi connectivity index (χ1v) is 14.0. The normalized spacial score (nSPS) is 17.4. The molecule has 2 aliphatic rings. The Morgan fingerprint density at radius 3 is 2.50 bits per heavy atom. The van der Waals surface area contributed by atoms with Crippen molar-refractivity contribution in [3.05, 3.63) is 82.1 Å². The molecule has 4 heterocycles. The van der Waals surface area contributed by atoms with Gasteiger partial charge in [0.2, 0.25) is 0 Å². The van der Waals surface area contributed by atoms with Crippen molar-refractivity contribution in [2.45, 2.75) is 37.9 Å². The number of carbonyl (C=O) groups excluding carboxylic acids is 1. The van der Waals surface area contributed by atoms with Crippen LogP contribution in [0.15, 0.2) is 53.8 Å². The van der Waals surface area contributed by atoms with E-state index in [0.717, 1.165) is 41.1 Å². The third-order valence-corrected chi connectivity index (χ3v) is 8.49. The maximum atomic E-state index is 14.3. The van der Waals surface area contributed by atoms with Crippen molar-refractivity contribution in [1.82, 2.24) is 33.5 Å². The summed E-state index contributed by atoms with van der Waals surface area (Å²) in [6.45, 7) is 1.98. The first-order valence-electron chi connectivity index (χ1n) is 14.0. The lowest BCUT2D eigenvalue weighted by atomic mass is 9.72. The maximum Gasteiger partial charge on any atom is 0.418 e. The second-order valence-electron chi connectivity index (χ2n) is 11.1. The molecule has 42 heavy (non-hydrogen) atoms. The van der Waals surface area contributed by atoms with Crippen LogP contribution in [-0.4, -0.2) is 72.9 Å². The molecule has 0 bridgehead atoms. The summed E-state index contributed by atoms with van der Waals surface area (Å²) in [6, 6.07) is 8.51. The lowest BCUT2D eigenvalue weighted by Crippen LogP contribution is -2.48. The quantitative estimate of drug-likeness (QED) is 0.340. The van der Waals surface area contributed by atoms with Crippen molar-refractivity contribution < 1.29 is 22.7 Å². The van der Waals surface area contributed by atoms with E-state index in [1.807, 2.05) is 34.7 Å². The summed E-state index contributed by atoms with van der Waals surface area (Å²) in [5.41, 5.74) is 0.137. The highest BCUT2D eigenvalue weighted by molar-refractivity contribution is 5.67. The lowest BCUT2D eigenvalue weighted by molar-refractivity contribution is -0.136. The van der Waals surface area contributed by atoms with Crippen LogP contribution in [0.4, 0.5) is 18.0 Å². The van der Waals surface area contributed by atoms with Gasteiger partial charge in [-0.05, 0) is 48.1 Å². The molecule has 0 radical (unpaired) electrons. The Morgan fingerprint density at radius 1 is 1.12 bits per heavy atom.